The number of hydrogen-bond acceptors (Lipinski definition) is 3. The summed E-state index contributed by atoms with van der Waals surface area (Å²) in [5, 5.41) is 0. The molecule has 0 unspecified atom stereocenters. The van der Waals surface area contributed by atoms with Gasteiger partial charge >= 0.3 is 0 Å². The van der Waals surface area contributed by atoms with Crippen LogP contribution < -0.4 is 11.5 Å². The highest BCUT2D eigenvalue weighted by Gasteiger charge is 1.97. The molecule has 4 N–H and O–H groups in total. The third-order valence-electron chi connectivity index (χ3n) is 1.44. The van der Waals surface area contributed by atoms with Crippen molar-refractivity contribution in [3.8, 4) is 11.8 Å². The van der Waals surface area contributed by atoms with Crippen molar-refractivity contribution in [1.29, 1.82) is 0 Å². The van der Waals surface area contributed by atoms with Crippen molar-refractivity contribution in [1.82, 2.24) is 0 Å². The Balaban J connectivity index is 3.08. The number of benzene rings is 1. The average molecular weight is 178 g/mol. The van der Waals surface area contributed by atoms with Crippen molar-refractivity contribution in [3.05, 3.63) is 23.8 Å². The molecule has 0 radical (unpaired) electrons. The van der Waals surface area contributed by atoms with Crippen LogP contribution in [0.4, 0.5) is 11.4 Å². The zero-order chi connectivity index (χ0) is 8.97. The van der Waals surface area contributed by atoms with Crippen molar-refractivity contribution in [2.75, 3.05) is 17.2 Å². The van der Waals surface area contributed by atoms with E-state index >= 15 is 0 Å². The van der Waals surface area contributed by atoms with Gasteiger partial charge in [-0.1, -0.05) is 17.9 Å². The molecule has 62 valence electrons. The van der Waals surface area contributed by atoms with Crippen molar-refractivity contribution in [2.24, 2.45) is 0 Å². The van der Waals surface area contributed by atoms with Gasteiger partial charge in [0.15, 0.2) is 0 Å². The second-order valence-electron chi connectivity index (χ2n) is 2.27. The third kappa shape index (κ3) is 1.86. The molecule has 0 aliphatic rings. The smallest absolute Gasteiger partial charge is 0.0706 e. The Labute approximate surface area is 77.4 Å². The van der Waals surface area contributed by atoms with Gasteiger partial charge in [0.25, 0.3) is 0 Å². The van der Waals surface area contributed by atoms with Gasteiger partial charge in [-0.05, 0) is 12.1 Å². The Kier molecular flexibility index (Phi) is 2.89. The van der Waals surface area contributed by atoms with Crippen molar-refractivity contribution >= 4 is 24.0 Å². The number of anilines is 2. The van der Waals surface area contributed by atoms with Gasteiger partial charge in [-0.3, -0.25) is 0 Å². The second kappa shape index (κ2) is 3.93. The maximum Gasteiger partial charge on any atom is 0.0706 e. The molecule has 0 spiro atoms. The van der Waals surface area contributed by atoms with Gasteiger partial charge < -0.3 is 11.5 Å². The Morgan fingerprint density at radius 3 is 2.75 bits per heavy atom. The molecule has 1 aromatic carbocycles. The zero-order valence-electron chi connectivity index (χ0n) is 6.54. The molecule has 0 bridgehead atoms. The van der Waals surface area contributed by atoms with E-state index in [4.69, 9.17) is 11.5 Å². The third-order valence-corrected chi connectivity index (χ3v) is 1.60. The molecule has 3 heteroatoms. The summed E-state index contributed by atoms with van der Waals surface area (Å²) in [4.78, 5) is 0. The first-order valence-corrected chi connectivity index (χ1v) is 4.12. The van der Waals surface area contributed by atoms with Crippen molar-refractivity contribution < 1.29 is 0 Å². The number of thiol groups is 1. The molecule has 0 fully saturated rings. The van der Waals surface area contributed by atoms with Gasteiger partial charge in [-0.2, -0.15) is 12.6 Å². The lowest BCUT2D eigenvalue weighted by atomic mass is 10.1. The van der Waals surface area contributed by atoms with E-state index in [0.29, 0.717) is 17.1 Å². The second-order valence-corrected chi connectivity index (χ2v) is 2.58. The van der Waals surface area contributed by atoms with Crippen LogP contribution in [0, 0.1) is 11.8 Å². The number of nitrogens with two attached hydrogens (primary N) is 2. The molecule has 0 aromatic heterocycles. The van der Waals surface area contributed by atoms with Crippen LogP contribution in [-0.2, 0) is 0 Å². The van der Waals surface area contributed by atoms with E-state index in [1.807, 2.05) is 12.1 Å². The number of para-hydroxylation sites is 1. The van der Waals surface area contributed by atoms with Gasteiger partial charge in [-0.15, -0.1) is 0 Å². The van der Waals surface area contributed by atoms with Crippen LogP contribution in [-0.4, -0.2) is 5.75 Å². The summed E-state index contributed by atoms with van der Waals surface area (Å²) >= 11 is 3.97. The minimum absolute atomic E-state index is 0.522. The molecule has 2 nitrogen and oxygen atoms in total. The summed E-state index contributed by atoms with van der Waals surface area (Å²) in [6.07, 6.45) is 0. The lowest BCUT2D eigenvalue weighted by Gasteiger charge is -2.00. The van der Waals surface area contributed by atoms with E-state index in [2.05, 4.69) is 24.5 Å². The predicted octanol–water partition coefficient (Wildman–Crippen LogP) is 1.13. The van der Waals surface area contributed by atoms with Crippen LogP contribution in [0.2, 0.25) is 0 Å². The normalized spacial score (nSPS) is 8.75. The summed E-state index contributed by atoms with van der Waals surface area (Å²) in [5.74, 6) is 6.21. The molecule has 12 heavy (non-hydrogen) atoms. The van der Waals surface area contributed by atoms with E-state index in [9.17, 15) is 0 Å². The first-order valence-electron chi connectivity index (χ1n) is 3.49. The summed E-state index contributed by atoms with van der Waals surface area (Å²) in [7, 11) is 0. The van der Waals surface area contributed by atoms with Crippen LogP contribution in [0.15, 0.2) is 18.2 Å². The molecule has 0 heterocycles. The maximum atomic E-state index is 5.67. The van der Waals surface area contributed by atoms with E-state index in [0.717, 1.165) is 5.56 Å². The highest BCUT2D eigenvalue weighted by molar-refractivity contribution is 7.80. The van der Waals surface area contributed by atoms with E-state index < -0.39 is 0 Å². The lowest BCUT2D eigenvalue weighted by molar-refractivity contribution is 1.61. The Morgan fingerprint density at radius 2 is 2.08 bits per heavy atom. The summed E-state index contributed by atoms with van der Waals surface area (Å²) < 4.78 is 0. The molecule has 0 atom stereocenters. The Morgan fingerprint density at radius 1 is 1.33 bits per heavy atom. The van der Waals surface area contributed by atoms with E-state index in [1.165, 1.54) is 0 Å². The van der Waals surface area contributed by atoms with Crippen molar-refractivity contribution in [2.45, 2.75) is 0 Å². The molecular weight excluding hydrogens is 168 g/mol. The minimum atomic E-state index is 0.522. The quantitative estimate of drug-likeness (QED) is 0.317. The van der Waals surface area contributed by atoms with Crippen molar-refractivity contribution in [3.63, 3.8) is 0 Å². The van der Waals surface area contributed by atoms with Gasteiger partial charge in [0.05, 0.1) is 17.1 Å². The van der Waals surface area contributed by atoms with Crippen LogP contribution >= 0.6 is 12.6 Å². The molecule has 0 saturated carbocycles. The van der Waals surface area contributed by atoms with Gasteiger partial charge in [0, 0.05) is 5.56 Å². The number of nitrogen functional groups attached to an aromatic ring is 2. The molecule has 0 aliphatic carbocycles. The molecule has 1 aromatic rings. The van der Waals surface area contributed by atoms with Crippen LogP contribution in [0.1, 0.15) is 5.56 Å². The highest BCUT2D eigenvalue weighted by atomic mass is 32.1. The Bertz CT molecular complexity index is 336. The summed E-state index contributed by atoms with van der Waals surface area (Å²) in [5.41, 5.74) is 13.1. The summed E-state index contributed by atoms with van der Waals surface area (Å²) in [6, 6.07) is 5.41. The highest BCUT2D eigenvalue weighted by Crippen LogP contribution is 2.17. The first kappa shape index (κ1) is 8.82. The molecule has 0 saturated heterocycles. The van der Waals surface area contributed by atoms with Gasteiger partial charge in [-0.25, -0.2) is 0 Å². The molecule has 0 aliphatic heterocycles. The average Bonchev–Trinajstić information content (AvgIpc) is 2.08. The first-order chi connectivity index (χ1) is 5.75. The number of rotatable bonds is 0. The Hall–Kier alpha value is -1.27. The van der Waals surface area contributed by atoms with E-state index in [-0.39, 0.29) is 0 Å². The number of hydrogen-bond donors (Lipinski definition) is 3. The molecular formula is C9H10N2S. The van der Waals surface area contributed by atoms with Crippen LogP contribution in [0.25, 0.3) is 0 Å². The fourth-order valence-electron chi connectivity index (χ4n) is 0.827. The van der Waals surface area contributed by atoms with Crippen LogP contribution in [0.5, 0.6) is 0 Å². The molecule has 1 rings (SSSR count). The zero-order valence-corrected chi connectivity index (χ0v) is 7.44. The molecule has 0 amide bonds. The minimum Gasteiger partial charge on any atom is -0.397 e. The fraction of sp³-hybridized carbons (Fsp3) is 0.111. The predicted molar refractivity (Wildman–Crippen MR) is 56.0 cm³/mol. The summed E-state index contributed by atoms with van der Waals surface area (Å²) in [6.45, 7) is 0. The maximum absolute atomic E-state index is 5.67. The lowest BCUT2D eigenvalue weighted by Crippen LogP contribution is -1.96. The SMILES string of the molecule is Nc1cccc(C#CCS)c1N. The van der Waals surface area contributed by atoms with Gasteiger partial charge in [0.2, 0.25) is 0 Å². The largest absolute Gasteiger partial charge is 0.397 e. The monoisotopic (exact) mass is 178 g/mol. The van der Waals surface area contributed by atoms with Gasteiger partial charge in [0.1, 0.15) is 0 Å². The fourth-order valence-corrected chi connectivity index (χ4v) is 0.906. The topological polar surface area (TPSA) is 52.0 Å². The van der Waals surface area contributed by atoms with E-state index in [1.54, 1.807) is 6.07 Å². The van der Waals surface area contributed by atoms with Crippen LogP contribution in [0.3, 0.4) is 0 Å². The standard InChI is InChI=1S/C9H10N2S/c10-8-5-1-3-7(9(8)11)4-2-6-12/h1,3,5,12H,6,10-11H2.